The van der Waals surface area contributed by atoms with Crippen LogP contribution in [0.3, 0.4) is 0 Å². The maximum atomic E-state index is 12.1. The molecule has 26 heavy (non-hydrogen) atoms. The SMILES string of the molecule is COc1ccc(NC(C)=O)c(NCCc2ccc(OC(F)(F)F)cc2)c1. The Labute approximate surface area is 149 Å². The molecule has 0 heterocycles. The number of amides is 1. The van der Waals surface area contributed by atoms with Gasteiger partial charge in [-0.15, -0.1) is 13.2 Å². The number of rotatable bonds is 7. The minimum Gasteiger partial charge on any atom is -0.497 e. The van der Waals surface area contributed by atoms with Gasteiger partial charge in [0.25, 0.3) is 0 Å². The number of carbonyl (C=O) groups is 1. The van der Waals surface area contributed by atoms with Crippen LogP contribution in [0, 0.1) is 0 Å². The van der Waals surface area contributed by atoms with E-state index in [9.17, 15) is 18.0 Å². The topological polar surface area (TPSA) is 59.6 Å². The number of carbonyl (C=O) groups excluding carboxylic acids is 1. The summed E-state index contributed by atoms with van der Waals surface area (Å²) in [5, 5.41) is 5.91. The highest BCUT2D eigenvalue weighted by molar-refractivity contribution is 5.92. The maximum Gasteiger partial charge on any atom is 0.573 e. The smallest absolute Gasteiger partial charge is 0.497 e. The molecule has 0 atom stereocenters. The summed E-state index contributed by atoms with van der Waals surface area (Å²) >= 11 is 0. The average molecular weight is 368 g/mol. The summed E-state index contributed by atoms with van der Waals surface area (Å²) in [5.74, 6) is 0.184. The lowest BCUT2D eigenvalue weighted by Crippen LogP contribution is -2.17. The lowest BCUT2D eigenvalue weighted by molar-refractivity contribution is -0.274. The first-order chi connectivity index (χ1) is 12.3. The van der Waals surface area contributed by atoms with E-state index in [1.165, 1.54) is 19.1 Å². The van der Waals surface area contributed by atoms with Crippen molar-refractivity contribution in [2.24, 2.45) is 0 Å². The van der Waals surface area contributed by atoms with Crippen molar-refractivity contribution in [1.29, 1.82) is 0 Å². The number of hydrogen-bond acceptors (Lipinski definition) is 4. The van der Waals surface area contributed by atoms with Gasteiger partial charge in [-0.05, 0) is 36.2 Å². The summed E-state index contributed by atoms with van der Waals surface area (Å²) in [7, 11) is 1.54. The van der Waals surface area contributed by atoms with Gasteiger partial charge in [-0.2, -0.15) is 0 Å². The molecule has 0 unspecified atom stereocenters. The van der Waals surface area contributed by atoms with E-state index in [0.717, 1.165) is 5.56 Å². The first-order valence-corrected chi connectivity index (χ1v) is 7.81. The zero-order chi connectivity index (χ0) is 19.2. The van der Waals surface area contributed by atoms with Crippen molar-refractivity contribution in [2.75, 3.05) is 24.3 Å². The Bertz CT molecular complexity index is 746. The fourth-order valence-electron chi connectivity index (χ4n) is 2.29. The third-order valence-corrected chi connectivity index (χ3v) is 3.42. The molecule has 5 nitrogen and oxygen atoms in total. The van der Waals surface area contributed by atoms with Crippen molar-refractivity contribution in [3.63, 3.8) is 0 Å². The van der Waals surface area contributed by atoms with Crippen LogP contribution in [0.4, 0.5) is 24.5 Å². The third-order valence-electron chi connectivity index (χ3n) is 3.42. The van der Waals surface area contributed by atoms with Gasteiger partial charge in [-0.25, -0.2) is 0 Å². The zero-order valence-electron chi connectivity index (χ0n) is 14.3. The van der Waals surface area contributed by atoms with Gasteiger partial charge in [0, 0.05) is 19.5 Å². The van der Waals surface area contributed by atoms with Crippen LogP contribution in [-0.4, -0.2) is 25.9 Å². The van der Waals surface area contributed by atoms with Crippen LogP contribution in [0.25, 0.3) is 0 Å². The largest absolute Gasteiger partial charge is 0.573 e. The van der Waals surface area contributed by atoms with E-state index in [0.29, 0.717) is 30.1 Å². The van der Waals surface area contributed by atoms with Gasteiger partial charge in [-0.1, -0.05) is 12.1 Å². The van der Waals surface area contributed by atoms with Crippen molar-refractivity contribution in [3.8, 4) is 11.5 Å². The van der Waals surface area contributed by atoms with Crippen molar-refractivity contribution in [3.05, 3.63) is 48.0 Å². The van der Waals surface area contributed by atoms with Gasteiger partial charge < -0.3 is 20.1 Å². The Kier molecular flexibility index (Phi) is 6.32. The monoisotopic (exact) mass is 368 g/mol. The summed E-state index contributed by atoms with van der Waals surface area (Å²) in [4.78, 5) is 11.3. The van der Waals surface area contributed by atoms with Crippen molar-refractivity contribution in [1.82, 2.24) is 0 Å². The molecule has 0 radical (unpaired) electrons. The standard InChI is InChI=1S/C18H19F3N2O3/c1-12(24)23-16-8-7-15(25-2)11-17(16)22-10-9-13-3-5-14(6-4-13)26-18(19,20)21/h3-8,11,22H,9-10H2,1-2H3,(H,23,24). The minimum atomic E-state index is -4.70. The molecular formula is C18H19F3N2O3. The molecule has 0 fully saturated rings. The molecule has 0 saturated carbocycles. The van der Waals surface area contributed by atoms with E-state index < -0.39 is 6.36 Å². The highest BCUT2D eigenvalue weighted by Gasteiger charge is 2.30. The number of methoxy groups -OCH3 is 1. The van der Waals surface area contributed by atoms with E-state index in [2.05, 4.69) is 15.4 Å². The number of hydrogen-bond donors (Lipinski definition) is 2. The second-order valence-corrected chi connectivity index (χ2v) is 5.46. The van der Waals surface area contributed by atoms with Gasteiger partial charge in [0.15, 0.2) is 0 Å². The van der Waals surface area contributed by atoms with Crippen molar-refractivity contribution >= 4 is 17.3 Å². The van der Waals surface area contributed by atoms with Gasteiger partial charge in [0.1, 0.15) is 11.5 Å². The molecule has 8 heteroatoms. The Hall–Kier alpha value is -2.90. The van der Waals surface area contributed by atoms with Crippen LogP contribution in [0.15, 0.2) is 42.5 Å². The van der Waals surface area contributed by atoms with Gasteiger partial charge in [0.05, 0.1) is 18.5 Å². The van der Waals surface area contributed by atoms with Crippen molar-refractivity contribution < 1.29 is 27.4 Å². The molecule has 2 rings (SSSR count). The fourth-order valence-corrected chi connectivity index (χ4v) is 2.29. The average Bonchev–Trinajstić information content (AvgIpc) is 2.56. The lowest BCUT2D eigenvalue weighted by atomic mass is 10.1. The fraction of sp³-hybridized carbons (Fsp3) is 0.278. The highest BCUT2D eigenvalue weighted by atomic mass is 19.4. The maximum absolute atomic E-state index is 12.1. The molecule has 2 aromatic rings. The molecule has 0 aliphatic rings. The van der Waals surface area contributed by atoms with Crippen molar-refractivity contribution in [2.45, 2.75) is 19.7 Å². The van der Waals surface area contributed by atoms with Gasteiger partial charge in [0.2, 0.25) is 5.91 Å². The highest BCUT2D eigenvalue weighted by Crippen LogP contribution is 2.27. The summed E-state index contributed by atoms with van der Waals surface area (Å²) < 4.78 is 45.5. The zero-order valence-corrected chi connectivity index (χ0v) is 14.3. The molecule has 0 aromatic heterocycles. The van der Waals surface area contributed by atoms with Gasteiger partial charge >= 0.3 is 6.36 Å². The second-order valence-electron chi connectivity index (χ2n) is 5.46. The van der Waals surface area contributed by atoms with E-state index in [1.807, 2.05) is 0 Å². The number of benzene rings is 2. The molecule has 0 spiro atoms. The van der Waals surface area contributed by atoms with Crippen LogP contribution < -0.4 is 20.1 Å². The van der Waals surface area contributed by atoms with Crippen LogP contribution in [0.1, 0.15) is 12.5 Å². The van der Waals surface area contributed by atoms with E-state index in [1.54, 1.807) is 37.4 Å². The summed E-state index contributed by atoms with van der Waals surface area (Å²) in [6, 6.07) is 10.9. The van der Waals surface area contributed by atoms with E-state index in [-0.39, 0.29) is 11.7 Å². The second kappa shape index (κ2) is 8.46. The normalized spacial score (nSPS) is 11.0. The minimum absolute atomic E-state index is 0.196. The van der Waals surface area contributed by atoms with Crippen LogP contribution in [0.5, 0.6) is 11.5 Å². The Morgan fingerprint density at radius 1 is 1.04 bits per heavy atom. The number of nitrogens with one attached hydrogen (secondary N) is 2. The molecule has 0 bridgehead atoms. The Balaban J connectivity index is 1.97. The quantitative estimate of drug-likeness (QED) is 0.769. The van der Waals surface area contributed by atoms with Gasteiger partial charge in [-0.3, -0.25) is 4.79 Å². The van der Waals surface area contributed by atoms with E-state index in [4.69, 9.17) is 4.74 Å². The molecule has 0 saturated heterocycles. The first-order valence-electron chi connectivity index (χ1n) is 7.81. The summed E-state index contributed by atoms with van der Waals surface area (Å²) in [6.45, 7) is 1.93. The molecule has 2 N–H and O–H groups in total. The molecule has 0 aliphatic carbocycles. The molecular weight excluding hydrogens is 349 g/mol. The summed E-state index contributed by atoms with van der Waals surface area (Å²) in [5.41, 5.74) is 2.15. The van der Waals surface area contributed by atoms with Crippen LogP contribution in [0.2, 0.25) is 0 Å². The Morgan fingerprint density at radius 2 is 1.69 bits per heavy atom. The number of anilines is 2. The van der Waals surface area contributed by atoms with E-state index >= 15 is 0 Å². The lowest BCUT2D eigenvalue weighted by Gasteiger charge is -2.14. The molecule has 140 valence electrons. The number of alkyl halides is 3. The predicted octanol–water partition coefficient (Wildman–Crippen LogP) is 4.21. The van der Waals surface area contributed by atoms with Crippen LogP contribution >= 0.6 is 0 Å². The number of ether oxygens (including phenoxy) is 2. The molecule has 2 aromatic carbocycles. The molecule has 0 aliphatic heterocycles. The molecule has 1 amide bonds. The van der Waals surface area contributed by atoms with Crippen LogP contribution in [-0.2, 0) is 11.2 Å². The summed E-state index contributed by atoms with van der Waals surface area (Å²) in [6.07, 6.45) is -4.13. The Morgan fingerprint density at radius 3 is 2.27 bits per heavy atom. The predicted molar refractivity (Wildman–Crippen MR) is 92.6 cm³/mol. The first kappa shape index (κ1) is 19.4. The number of halogens is 3. The third kappa shape index (κ3) is 6.19.